The Hall–Kier alpha value is -3.95. The highest BCUT2D eigenvalue weighted by atomic mass is 16.5. The highest BCUT2D eigenvalue weighted by Gasteiger charge is 2.25. The van der Waals surface area contributed by atoms with Crippen LogP contribution in [0.4, 0.5) is 5.82 Å². The van der Waals surface area contributed by atoms with E-state index in [0.29, 0.717) is 36.8 Å². The summed E-state index contributed by atoms with van der Waals surface area (Å²) in [5.41, 5.74) is 8.81. The van der Waals surface area contributed by atoms with Gasteiger partial charge < -0.3 is 25.1 Å². The zero-order valence-electron chi connectivity index (χ0n) is 25.4. The molecule has 0 unspecified atom stereocenters. The number of hydrogen-bond acceptors (Lipinski definition) is 10. The lowest BCUT2D eigenvalue weighted by Crippen LogP contribution is -2.45. The minimum Gasteiger partial charge on any atom is -0.469 e. The molecule has 0 saturated carbocycles. The molecule has 0 amide bonds. The number of piperidine rings is 1. The first kappa shape index (κ1) is 32.0. The van der Waals surface area contributed by atoms with E-state index in [1.807, 2.05) is 12.1 Å². The quantitative estimate of drug-likeness (QED) is 0.187. The van der Waals surface area contributed by atoms with Crippen LogP contribution in [-0.4, -0.2) is 81.2 Å². The maximum absolute atomic E-state index is 12.9. The molecular formula is C31H44N8O4. The fourth-order valence-electron chi connectivity index (χ4n) is 5.63. The number of nitrogens with zero attached hydrogens (tertiary/aromatic N) is 6. The van der Waals surface area contributed by atoms with Gasteiger partial charge in [0.15, 0.2) is 11.5 Å². The third kappa shape index (κ3) is 9.02. The molecule has 232 valence electrons. The third-order valence-corrected chi connectivity index (χ3v) is 7.98. The Morgan fingerprint density at radius 2 is 1.98 bits per heavy atom. The van der Waals surface area contributed by atoms with Gasteiger partial charge in [-0.1, -0.05) is 37.6 Å². The summed E-state index contributed by atoms with van der Waals surface area (Å²) in [6.45, 7) is 7.49. The average Bonchev–Trinajstić information content (AvgIpc) is 3.32. The average molecular weight is 593 g/mol. The number of aromatic nitrogens is 4. The van der Waals surface area contributed by atoms with Crippen LogP contribution in [0.5, 0.6) is 6.01 Å². The second kappa shape index (κ2) is 16.0. The monoisotopic (exact) mass is 592 g/mol. The number of hydrogen-bond donors (Lipinski definition) is 2. The summed E-state index contributed by atoms with van der Waals surface area (Å²) in [6.07, 6.45) is 6.38. The molecule has 12 heteroatoms. The summed E-state index contributed by atoms with van der Waals surface area (Å²) in [6, 6.07) is 10.9. The van der Waals surface area contributed by atoms with Crippen LogP contribution < -0.4 is 16.2 Å². The normalized spacial score (nSPS) is 14.3. The number of H-pyrrole nitrogens is 1. The molecule has 2 aromatic heterocycles. The van der Waals surface area contributed by atoms with E-state index in [4.69, 9.17) is 20.5 Å². The first-order valence-corrected chi connectivity index (χ1v) is 15.3. The first-order valence-electron chi connectivity index (χ1n) is 15.3. The van der Waals surface area contributed by atoms with Crippen LogP contribution in [0.15, 0.2) is 29.1 Å². The van der Waals surface area contributed by atoms with Crippen LogP contribution in [0.3, 0.4) is 0 Å². The van der Waals surface area contributed by atoms with Crippen LogP contribution >= 0.6 is 0 Å². The lowest BCUT2D eigenvalue weighted by atomic mass is 10.0. The number of rotatable bonds is 16. The number of nitrogen functional groups attached to an aromatic ring is 1. The Balaban J connectivity index is 1.47. The standard InChI is InChI=1S/C31H44N8O4/c1-3-4-19-43-30-35-28(33)27-29(36-30)39(31(41)34-27)16-8-15-38(25-11-17-37(18-12-25)14-6-5-13-32)22-24-10-7-9-23(20-24)21-26(40)42-2/h7,9-10,20,25H,3-6,8,11-12,14-19,21-22H2,1-2H3,(H,34,41)(H2,33,35,36). The van der Waals surface area contributed by atoms with Crippen LogP contribution in [0, 0.1) is 11.3 Å². The molecule has 3 aromatic rings. The number of aromatic amines is 1. The molecule has 3 N–H and O–H groups in total. The molecule has 0 atom stereocenters. The predicted molar refractivity (Wildman–Crippen MR) is 164 cm³/mol. The predicted octanol–water partition coefficient (Wildman–Crippen LogP) is 3.26. The van der Waals surface area contributed by atoms with Crippen molar-refractivity contribution in [2.45, 2.75) is 77.4 Å². The Labute approximate surface area is 252 Å². The largest absolute Gasteiger partial charge is 0.469 e. The highest BCUT2D eigenvalue weighted by Crippen LogP contribution is 2.22. The number of aryl methyl sites for hydroxylation is 1. The summed E-state index contributed by atoms with van der Waals surface area (Å²) in [5.74, 6) is -0.0624. The van der Waals surface area contributed by atoms with Gasteiger partial charge in [-0.2, -0.15) is 15.2 Å². The minimum atomic E-state index is -0.269. The second-order valence-electron chi connectivity index (χ2n) is 11.1. The number of nitriles is 1. The van der Waals surface area contributed by atoms with Gasteiger partial charge in [0.05, 0.1) is 26.2 Å². The topological polar surface area (TPSA) is 155 Å². The van der Waals surface area contributed by atoms with Crippen molar-refractivity contribution in [2.75, 3.05) is 45.6 Å². The summed E-state index contributed by atoms with van der Waals surface area (Å²) in [7, 11) is 1.40. The number of methoxy groups -OCH3 is 1. The van der Waals surface area contributed by atoms with Crippen molar-refractivity contribution < 1.29 is 14.3 Å². The number of benzene rings is 1. The zero-order valence-corrected chi connectivity index (χ0v) is 25.4. The molecule has 1 aromatic carbocycles. The smallest absolute Gasteiger partial charge is 0.327 e. The van der Waals surface area contributed by atoms with Crippen LogP contribution in [0.1, 0.15) is 63.0 Å². The third-order valence-electron chi connectivity index (χ3n) is 7.98. The van der Waals surface area contributed by atoms with E-state index in [9.17, 15) is 9.59 Å². The highest BCUT2D eigenvalue weighted by molar-refractivity contribution is 5.81. The van der Waals surface area contributed by atoms with Gasteiger partial charge in [-0.3, -0.25) is 14.3 Å². The number of carbonyl (C=O) groups excluding carboxylic acids is 1. The summed E-state index contributed by atoms with van der Waals surface area (Å²) < 4.78 is 12.2. The van der Waals surface area contributed by atoms with Gasteiger partial charge in [0.2, 0.25) is 0 Å². The maximum Gasteiger partial charge on any atom is 0.327 e. The molecule has 0 radical (unpaired) electrons. The second-order valence-corrected chi connectivity index (χ2v) is 11.1. The molecule has 1 aliphatic rings. The molecule has 0 aliphatic carbocycles. The van der Waals surface area contributed by atoms with E-state index in [2.05, 4.69) is 49.9 Å². The molecule has 3 heterocycles. The molecular weight excluding hydrogens is 548 g/mol. The van der Waals surface area contributed by atoms with Gasteiger partial charge in [0.1, 0.15) is 5.52 Å². The fraction of sp³-hybridized carbons (Fsp3) is 0.581. The van der Waals surface area contributed by atoms with Gasteiger partial charge in [-0.25, -0.2) is 4.79 Å². The number of likely N-dealkylation sites (tertiary alicyclic amines) is 1. The van der Waals surface area contributed by atoms with E-state index in [1.54, 1.807) is 4.57 Å². The van der Waals surface area contributed by atoms with Crippen molar-refractivity contribution in [2.24, 2.45) is 0 Å². The Morgan fingerprint density at radius 1 is 1.19 bits per heavy atom. The SMILES string of the molecule is CCCCOc1nc(N)c2[nH]c(=O)n(CCCN(Cc3cccc(CC(=O)OC)c3)C3CCN(CCCC#N)CC3)c2n1. The summed E-state index contributed by atoms with van der Waals surface area (Å²) in [4.78, 5) is 41.2. The van der Waals surface area contributed by atoms with E-state index in [1.165, 1.54) is 7.11 Å². The van der Waals surface area contributed by atoms with Crippen molar-refractivity contribution in [3.8, 4) is 12.1 Å². The van der Waals surface area contributed by atoms with Gasteiger partial charge in [-0.15, -0.1) is 0 Å². The number of carbonyl (C=O) groups is 1. The van der Waals surface area contributed by atoms with Gasteiger partial charge in [0, 0.05) is 32.1 Å². The van der Waals surface area contributed by atoms with Crippen molar-refractivity contribution in [1.82, 2.24) is 29.3 Å². The number of anilines is 1. The van der Waals surface area contributed by atoms with Gasteiger partial charge in [0.25, 0.3) is 0 Å². The Morgan fingerprint density at radius 3 is 2.72 bits per heavy atom. The number of nitrogens with one attached hydrogen (secondary N) is 1. The van der Waals surface area contributed by atoms with Crippen LogP contribution in [0.2, 0.25) is 0 Å². The summed E-state index contributed by atoms with van der Waals surface area (Å²) in [5, 5.41) is 8.89. The van der Waals surface area contributed by atoms with Crippen molar-refractivity contribution in [3.63, 3.8) is 0 Å². The fourth-order valence-corrected chi connectivity index (χ4v) is 5.63. The molecule has 4 rings (SSSR count). The molecule has 1 saturated heterocycles. The minimum absolute atomic E-state index is 0.182. The number of unbranched alkanes of at least 4 members (excludes halogenated alkanes) is 2. The Bertz CT molecular complexity index is 1440. The number of fused-ring (bicyclic) bond motifs is 1. The molecule has 43 heavy (non-hydrogen) atoms. The Kier molecular flexibility index (Phi) is 11.9. The van der Waals surface area contributed by atoms with E-state index in [0.717, 1.165) is 82.4 Å². The van der Waals surface area contributed by atoms with E-state index >= 15 is 0 Å². The number of nitrogens with two attached hydrogens (primary N) is 1. The van der Waals surface area contributed by atoms with E-state index < -0.39 is 0 Å². The zero-order chi connectivity index (χ0) is 30.6. The van der Waals surface area contributed by atoms with Crippen molar-refractivity contribution >= 4 is 23.0 Å². The first-order chi connectivity index (χ1) is 20.9. The van der Waals surface area contributed by atoms with Crippen molar-refractivity contribution in [1.29, 1.82) is 5.26 Å². The summed E-state index contributed by atoms with van der Waals surface area (Å²) >= 11 is 0. The number of ether oxygens (including phenoxy) is 2. The molecule has 0 spiro atoms. The number of imidazole rings is 1. The maximum atomic E-state index is 12.9. The van der Waals surface area contributed by atoms with Gasteiger partial charge in [-0.05, 0) is 62.9 Å². The van der Waals surface area contributed by atoms with Gasteiger partial charge >= 0.3 is 17.7 Å². The molecule has 0 bridgehead atoms. The molecule has 1 fully saturated rings. The molecule has 12 nitrogen and oxygen atoms in total. The van der Waals surface area contributed by atoms with Crippen molar-refractivity contribution in [3.05, 3.63) is 45.9 Å². The lowest BCUT2D eigenvalue weighted by Gasteiger charge is -2.38. The lowest BCUT2D eigenvalue weighted by molar-refractivity contribution is -0.139. The molecule has 1 aliphatic heterocycles. The van der Waals surface area contributed by atoms with E-state index in [-0.39, 0.29) is 29.9 Å². The van der Waals surface area contributed by atoms with Crippen LogP contribution in [-0.2, 0) is 29.0 Å². The number of esters is 1. The van der Waals surface area contributed by atoms with Crippen LogP contribution in [0.25, 0.3) is 11.2 Å².